The minimum atomic E-state index is -0.314. The standard InChI is InChI=1S/C14H16N4O2S.ClH/c15-14-16-7-12(21-14)9-17(11-5-6-11)8-10-3-1-2-4-13(10)18(19)20;/h1-4,7,11H,5-6,8-9H2,(H2,15,16);1H. The highest BCUT2D eigenvalue weighted by atomic mass is 35.5. The number of nitrogens with two attached hydrogens (primary N) is 1. The second kappa shape index (κ2) is 7.04. The molecule has 1 heterocycles. The number of aromatic nitrogens is 1. The van der Waals surface area contributed by atoms with E-state index in [0.717, 1.165) is 29.8 Å². The molecule has 0 radical (unpaired) electrons. The van der Waals surface area contributed by atoms with Gasteiger partial charge in [0.2, 0.25) is 0 Å². The van der Waals surface area contributed by atoms with E-state index in [1.165, 1.54) is 11.3 Å². The topological polar surface area (TPSA) is 85.3 Å². The number of anilines is 1. The summed E-state index contributed by atoms with van der Waals surface area (Å²) >= 11 is 1.47. The van der Waals surface area contributed by atoms with Crippen molar-refractivity contribution >= 4 is 34.6 Å². The van der Waals surface area contributed by atoms with Crippen LogP contribution in [0.2, 0.25) is 0 Å². The Labute approximate surface area is 138 Å². The number of hydrogen-bond donors (Lipinski definition) is 1. The first-order valence-electron chi connectivity index (χ1n) is 6.80. The van der Waals surface area contributed by atoms with Crippen molar-refractivity contribution in [2.75, 3.05) is 5.73 Å². The third-order valence-corrected chi connectivity index (χ3v) is 4.37. The molecule has 1 aliphatic rings. The Morgan fingerprint density at radius 3 is 2.68 bits per heavy atom. The van der Waals surface area contributed by atoms with E-state index >= 15 is 0 Å². The number of halogens is 1. The minimum Gasteiger partial charge on any atom is -0.375 e. The van der Waals surface area contributed by atoms with E-state index in [9.17, 15) is 10.1 Å². The van der Waals surface area contributed by atoms with E-state index in [2.05, 4.69) is 9.88 Å². The maximum atomic E-state index is 11.1. The number of hydrogen-bond acceptors (Lipinski definition) is 6. The number of nitro groups is 1. The summed E-state index contributed by atoms with van der Waals surface area (Å²) in [5.74, 6) is 0. The Balaban J connectivity index is 0.00000176. The van der Waals surface area contributed by atoms with Crippen molar-refractivity contribution in [3.05, 3.63) is 51.0 Å². The number of nitrogen functional groups attached to an aromatic ring is 1. The molecule has 3 rings (SSSR count). The van der Waals surface area contributed by atoms with Crippen molar-refractivity contribution < 1.29 is 4.92 Å². The number of nitrogens with zero attached hydrogens (tertiary/aromatic N) is 3. The first kappa shape index (κ1) is 16.7. The van der Waals surface area contributed by atoms with Crippen LogP contribution in [0.5, 0.6) is 0 Å². The van der Waals surface area contributed by atoms with E-state index in [0.29, 0.717) is 17.7 Å². The van der Waals surface area contributed by atoms with Gasteiger partial charge in [-0.1, -0.05) is 18.2 Å². The molecule has 1 saturated carbocycles. The van der Waals surface area contributed by atoms with Gasteiger partial charge >= 0.3 is 0 Å². The highest BCUT2D eigenvalue weighted by Crippen LogP contribution is 2.32. The van der Waals surface area contributed by atoms with Crippen LogP contribution in [0.1, 0.15) is 23.3 Å². The molecule has 22 heavy (non-hydrogen) atoms. The summed E-state index contributed by atoms with van der Waals surface area (Å²) in [5.41, 5.74) is 6.61. The van der Waals surface area contributed by atoms with Gasteiger partial charge in [0.25, 0.3) is 5.69 Å². The first-order chi connectivity index (χ1) is 10.1. The van der Waals surface area contributed by atoms with Crippen molar-refractivity contribution in [1.82, 2.24) is 9.88 Å². The monoisotopic (exact) mass is 340 g/mol. The van der Waals surface area contributed by atoms with Crippen molar-refractivity contribution in [3.8, 4) is 0 Å². The summed E-state index contributed by atoms with van der Waals surface area (Å²) in [4.78, 5) is 18.2. The molecule has 0 atom stereocenters. The Bertz CT molecular complexity index is 660. The van der Waals surface area contributed by atoms with Gasteiger partial charge in [-0.05, 0) is 12.8 Å². The predicted octanol–water partition coefficient (Wildman–Crippen LogP) is 3.22. The summed E-state index contributed by atoms with van der Waals surface area (Å²) in [5, 5.41) is 11.7. The molecule has 0 unspecified atom stereocenters. The third-order valence-electron chi connectivity index (χ3n) is 3.56. The molecule has 1 fully saturated rings. The molecule has 118 valence electrons. The third kappa shape index (κ3) is 3.94. The molecule has 1 aliphatic carbocycles. The van der Waals surface area contributed by atoms with Crippen LogP contribution in [0.15, 0.2) is 30.5 Å². The van der Waals surface area contributed by atoms with Crippen molar-refractivity contribution in [1.29, 1.82) is 0 Å². The van der Waals surface area contributed by atoms with Gasteiger partial charge in [-0.3, -0.25) is 15.0 Å². The van der Waals surface area contributed by atoms with Gasteiger partial charge in [-0.25, -0.2) is 4.98 Å². The number of benzene rings is 1. The van der Waals surface area contributed by atoms with Gasteiger partial charge in [-0.15, -0.1) is 23.7 Å². The van der Waals surface area contributed by atoms with Crippen LogP contribution in [0, 0.1) is 10.1 Å². The Morgan fingerprint density at radius 1 is 1.36 bits per heavy atom. The lowest BCUT2D eigenvalue weighted by atomic mass is 10.1. The molecule has 2 N–H and O–H groups in total. The molecule has 0 amide bonds. The van der Waals surface area contributed by atoms with E-state index in [1.807, 2.05) is 12.1 Å². The first-order valence-corrected chi connectivity index (χ1v) is 7.61. The summed E-state index contributed by atoms with van der Waals surface area (Å²) in [6, 6.07) is 7.44. The second-order valence-corrected chi connectivity index (χ2v) is 6.33. The van der Waals surface area contributed by atoms with E-state index in [4.69, 9.17) is 5.73 Å². The molecular weight excluding hydrogens is 324 g/mol. The van der Waals surface area contributed by atoms with Crippen LogP contribution in [-0.2, 0) is 13.1 Å². The average molecular weight is 341 g/mol. The van der Waals surface area contributed by atoms with E-state index < -0.39 is 0 Å². The SMILES string of the molecule is Cl.Nc1ncc(CN(Cc2ccccc2[N+](=O)[O-])C2CC2)s1. The fraction of sp³-hybridized carbons (Fsp3) is 0.357. The Hall–Kier alpha value is -1.70. The summed E-state index contributed by atoms with van der Waals surface area (Å²) in [7, 11) is 0. The molecule has 2 aromatic rings. The van der Waals surface area contributed by atoms with Gasteiger partial charge < -0.3 is 5.73 Å². The number of nitro benzene ring substituents is 1. The molecule has 0 saturated heterocycles. The highest BCUT2D eigenvalue weighted by Gasteiger charge is 2.30. The lowest BCUT2D eigenvalue weighted by molar-refractivity contribution is -0.385. The lowest BCUT2D eigenvalue weighted by Gasteiger charge is -2.21. The van der Waals surface area contributed by atoms with Gasteiger partial charge in [-0.2, -0.15) is 0 Å². The van der Waals surface area contributed by atoms with E-state index in [-0.39, 0.29) is 23.0 Å². The molecular formula is C14H17ClN4O2S. The van der Waals surface area contributed by atoms with Crippen LogP contribution < -0.4 is 5.73 Å². The van der Waals surface area contributed by atoms with Gasteiger partial charge in [0, 0.05) is 41.8 Å². The maximum Gasteiger partial charge on any atom is 0.273 e. The normalized spacial score (nSPS) is 13.9. The zero-order chi connectivity index (χ0) is 14.8. The van der Waals surface area contributed by atoms with Crippen LogP contribution in [0.4, 0.5) is 10.8 Å². The fourth-order valence-electron chi connectivity index (χ4n) is 2.39. The highest BCUT2D eigenvalue weighted by molar-refractivity contribution is 7.15. The quantitative estimate of drug-likeness (QED) is 0.644. The molecule has 1 aromatic heterocycles. The van der Waals surface area contributed by atoms with Crippen molar-refractivity contribution in [2.24, 2.45) is 0 Å². The molecule has 0 bridgehead atoms. The fourth-order valence-corrected chi connectivity index (χ4v) is 3.10. The largest absolute Gasteiger partial charge is 0.375 e. The maximum absolute atomic E-state index is 11.1. The zero-order valence-corrected chi connectivity index (χ0v) is 13.5. The van der Waals surface area contributed by atoms with Gasteiger partial charge in [0.1, 0.15) is 0 Å². The Morgan fingerprint density at radius 2 is 2.09 bits per heavy atom. The van der Waals surface area contributed by atoms with Crippen LogP contribution >= 0.6 is 23.7 Å². The predicted molar refractivity (Wildman–Crippen MR) is 89.1 cm³/mol. The van der Waals surface area contributed by atoms with Crippen molar-refractivity contribution in [3.63, 3.8) is 0 Å². The second-order valence-electron chi connectivity index (χ2n) is 5.19. The minimum absolute atomic E-state index is 0. The molecule has 1 aromatic carbocycles. The molecule has 0 spiro atoms. The number of rotatable bonds is 6. The van der Waals surface area contributed by atoms with Gasteiger partial charge in [0.05, 0.1) is 4.92 Å². The van der Waals surface area contributed by atoms with Crippen LogP contribution in [0.3, 0.4) is 0 Å². The number of thiazole rings is 1. The summed E-state index contributed by atoms with van der Waals surface area (Å²) in [6.45, 7) is 1.32. The zero-order valence-electron chi connectivity index (χ0n) is 11.8. The smallest absolute Gasteiger partial charge is 0.273 e. The van der Waals surface area contributed by atoms with Crippen LogP contribution in [0.25, 0.3) is 0 Å². The van der Waals surface area contributed by atoms with Gasteiger partial charge in [0.15, 0.2) is 5.13 Å². The van der Waals surface area contributed by atoms with Crippen LogP contribution in [-0.4, -0.2) is 20.8 Å². The number of para-hydroxylation sites is 1. The lowest BCUT2D eigenvalue weighted by Crippen LogP contribution is -2.25. The average Bonchev–Trinajstić information content (AvgIpc) is 3.22. The molecule has 8 heteroatoms. The van der Waals surface area contributed by atoms with Crippen molar-refractivity contribution in [2.45, 2.75) is 32.0 Å². The Kier molecular flexibility index (Phi) is 5.33. The summed E-state index contributed by atoms with van der Waals surface area (Å²) in [6.07, 6.45) is 4.08. The molecule has 6 nitrogen and oxygen atoms in total. The van der Waals surface area contributed by atoms with E-state index in [1.54, 1.807) is 18.3 Å². The molecule has 0 aliphatic heterocycles. The summed E-state index contributed by atoms with van der Waals surface area (Å²) < 4.78 is 0.